The molecule has 1 N–H and O–H groups in total. The van der Waals surface area contributed by atoms with Crippen molar-refractivity contribution in [3.05, 3.63) is 64.7 Å². The smallest absolute Gasteiger partial charge is 0.271 e. The van der Waals surface area contributed by atoms with Crippen LogP contribution in [0, 0.1) is 0 Å². The van der Waals surface area contributed by atoms with E-state index in [0.717, 1.165) is 15.6 Å². The molecule has 29 heavy (non-hydrogen) atoms. The summed E-state index contributed by atoms with van der Waals surface area (Å²) in [6.45, 7) is 0.218. The van der Waals surface area contributed by atoms with Crippen LogP contribution >= 0.6 is 11.3 Å². The first-order valence-electron chi connectivity index (χ1n) is 8.95. The average molecular weight is 409 g/mol. The Bertz CT molecular complexity index is 1260. The normalized spacial score (nSPS) is 11.0. The standard InChI is InChI=1S/C21H19N3O4S/c1-27-15-8-7-13(9-16(15)28-2)10-22-18(25)11-24-12-23-19-14-5-3-4-6-17(14)29-20(19)21(24)26/h3-9,12H,10-11H2,1-2H3,(H,22,25). The maximum absolute atomic E-state index is 12.8. The van der Waals surface area contributed by atoms with Gasteiger partial charge in [0.1, 0.15) is 11.2 Å². The summed E-state index contributed by atoms with van der Waals surface area (Å²) in [7, 11) is 3.13. The fraction of sp³-hybridized carbons (Fsp3) is 0.190. The molecule has 4 rings (SSSR count). The Kier molecular flexibility index (Phi) is 5.18. The number of amides is 1. The fourth-order valence-electron chi connectivity index (χ4n) is 3.13. The first kappa shape index (κ1) is 18.9. The van der Waals surface area contributed by atoms with Crippen LogP contribution in [-0.2, 0) is 17.9 Å². The van der Waals surface area contributed by atoms with E-state index in [1.165, 1.54) is 22.2 Å². The summed E-state index contributed by atoms with van der Waals surface area (Å²) in [5.41, 5.74) is 1.33. The van der Waals surface area contributed by atoms with Crippen LogP contribution in [0.1, 0.15) is 5.56 Å². The molecule has 0 unspecified atom stereocenters. The molecule has 7 nitrogen and oxygen atoms in total. The van der Waals surface area contributed by atoms with Crippen LogP contribution in [0.4, 0.5) is 0 Å². The van der Waals surface area contributed by atoms with E-state index in [9.17, 15) is 9.59 Å². The number of ether oxygens (including phenoxy) is 2. The molecule has 0 spiro atoms. The molecule has 0 aliphatic heterocycles. The molecule has 0 aliphatic carbocycles. The fourth-order valence-corrected chi connectivity index (χ4v) is 4.23. The van der Waals surface area contributed by atoms with Crippen LogP contribution in [0.25, 0.3) is 20.3 Å². The quantitative estimate of drug-likeness (QED) is 0.529. The summed E-state index contributed by atoms with van der Waals surface area (Å²) in [6.07, 6.45) is 1.43. The van der Waals surface area contributed by atoms with E-state index in [2.05, 4.69) is 10.3 Å². The zero-order valence-electron chi connectivity index (χ0n) is 16.0. The van der Waals surface area contributed by atoms with Gasteiger partial charge in [-0.05, 0) is 23.8 Å². The molecule has 1 amide bonds. The lowest BCUT2D eigenvalue weighted by molar-refractivity contribution is -0.121. The van der Waals surface area contributed by atoms with Gasteiger partial charge in [0.15, 0.2) is 11.5 Å². The highest BCUT2D eigenvalue weighted by atomic mass is 32.1. The van der Waals surface area contributed by atoms with Crippen LogP contribution < -0.4 is 20.3 Å². The number of aromatic nitrogens is 2. The zero-order chi connectivity index (χ0) is 20.4. The summed E-state index contributed by atoms with van der Waals surface area (Å²) < 4.78 is 13.4. The van der Waals surface area contributed by atoms with E-state index < -0.39 is 0 Å². The van der Waals surface area contributed by atoms with Gasteiger partial charge in [-0.1, -0.05) is 24.3 Å². The summed E-state index contributed by atoms with van der Waals surface area (Å²) in [5.74, 6) is 0.941. The molecule has 0 atom stereocenters. The molecule has 8 heteroatoms. The molecule has 2 heterocycles. The predicted molar refractivity (Wildman–Crippen MR) is 113 cm³/mol. The molecule has 148 valence electrons. The minimum atomic E-state index is -0.274. The van der Waals surface area contributed by atoms with Crippen molar-refractivity contribution < 1.29 is 14.3 Å². The van der Waals surface area contributed by atoms with Gasteiger partial charge >= 0.3 is 0 Å². The zero-order valence-corrected chi connectivity index (χ0v) is 16.8. The molecule has 0 aliphatic rings. The summed E-state index contributed by atoms with van der Waals surface area (Å²) in [6, 6.07) is 13.2. The van der Waals surface area contributed by atoms with Gasteiger partial charge in [0.2, 0.25) is 5.91 Å². The van der Waals surface area contributed by atoms with Crippen LogP contribution in [0.2, 0.25) is 0 Å². The van der Waals surface area contributed by atoms with Crippen molar-refractivity contribution in [2.24, 2.45) is 0 Å². The van der Waals surface area contributed by atoms with E-state index >= 15 is 0 Å². The number of fused-ring (bicyclic) bond motifs is 3. The second-order valence-corrected chi connectivity index (χ2v) is 7.47. The lowest BCUT2D eigenvalue weighted by atomic mass is 10.2. The van der Waals surface area contributed by atoms with E-state index in [1.54, 1.807) is 26.4 Å². The van der Waals surface area contributed by atoms with Gasteiger partial charge in [0.05, 0.1) is 26.1 Å². The van der Waals surface area contributed by atoms with E-state index in [4.69, 9.17) is 9.47 Å². The minimum Gasteiger partial charge on any atom is -0.493 e. The average Bonchev–Trinajstić information content (AvgIpc) is 3.13. The highest BCUT2D eigenvalue weighted by molar-refractivity contribution is 7.25. The van der Waals surface area contributed by atoms with Crippen molar-refractivity contribution >= 4 is 37.5 Å². The highest BCUT2D eigenvalue weighted by Crippen LogP contribution is 2.29. The number of nitrogens with one attached hydrogen (secondary N) is 1. The molecule has 0 bridgehead atoms. The third kappa shape index (κ3) is 3.66. The minimum absolute atomic E-state index is 0.0939. The van der Waals surface area contributed by atoms with Crippen LogP contribution in [0.3, 0.4) is 0 Å². The molecule has 2 aromatic carbocycles. The number of rotatable bonds is 6. The predicted octanol–water partition coefficient (Wildman–Crippen LogP) is 2.94. The number of nitrogens with zero attached hydrogens (tertiary/aromatic N) is 2. The molecule has 0 radical (unpaired) electrons. The van der Waals surface area contributed by atoms with Gasteiger partial charge in [-0.15, -0.1) is 11.3 Å². The third-order valence-corrected chi connectivity index (χ3v) is 5.75. The first-order chi connectivity index (χ1) is 14.1. The van der Waals surface area contributed by atoms with Crippen molar-refractivity contribution in [1.82, 2.24) is 14.9 Å². The van der Waals surface area contributed by atoms with Crippen LogP contribution in [0.5, 0.6) is 11.5 Å². The topological polar surface area (TPSA) is 82.5 Å². The monoisotopic (exact) mass is 409 g/mol. The maximum atomic E-state index is 12.8. The second-order valence-electron chi connectivity index (χ2n) is 6.42. The molecular formula is C21H19N3O4S. The molecule has 0 saturated carbocycles. The molecule has 0 fully saturated rings. The number of carbonyl (C=O) groups is 1. The van der Waals surface area contributed by atoms with Crippen molar-refractivity contribution in [3.63, 3.8) is 0 Å². The van der Waals surface area contributed by atoms with Crippen molar-refractivity contribution in [3.8, 4) is 11.5 Å². The maximum Gasteiger partial charge on any atom is 0.271 e. The molecular weight excluding hydrogens is 390 g/mol. The molecule has 2 aromatic heterocycles. The van der Waals surface area contributed by atoms with E-state index in [-0.39, 0.29) is 18.0 Å². The van der Waals surface area contributed by atoms with Gasteiger partial charge in [0.25, 0.3) is 5.56 Å². The Morgan fingerprint density at radius 2 is 1.93 bits per heavy atom. The Morgan fingerprint density at radius 3 is 2.72 bits per heavy atom. The van der Waals surface area contributed by atoms with E-state index in [1.807, 2.05) is 30.3 Å². The van der Waals surface area contributed by atoms with Gasteiger partial charge < -0.3 is 14.8 Å². The largest absolute Gasteiger partial charge is 0.493 e. The Hall–Kier alpha value is -3.39. The van der Waals surface area contributed by atoms with Crippen molar-refractivity contribution in [2.45, 2.75) is 13.1 Å². The number of carbonyl (C=O) groups excluding carboxylic acids is 1. The van der Waals surface area contributed by atoms with E-state index in [0.29, 0.717) is 28.3 Å². The number of methoxy groups -OCH3 is 2. The molecule has 4 aromatic rings. The molecule has 0 saturated heterocycles. The summed E-state index contributed by atoms with van der Waals surface area (Å²) >= 11 is 1.39. The number of hydrogen-bond donors (Lipinski definition) is 1. The second kappa shape index (κ2) is 7.92. The van der Waals surface area contributed by atoms with Gasteiger partial charge in [-0.25, -0.2) is 4.98 Å². The van der Waals surface area contributed by atoms with Crippen molar-refractivity contribution in [1.29, 1.82) is 0 Å². The SMILES string of the molecule is COc1ccc(CNC(=O)Cn2cnc3c(sc4ccccc43)c2=O)cc1OC. The van der Waals surface area contributed by atoms with Crippen molar-refractivity contribution in [2.75, 3.05) is 14.2 Å². The Morgan fingerprint density at radius 1 is 1.14 bits per heavy atom. The van der Waals surface area contributed by atoms with Crippen LogP contribution in [-0.4, -0.2) is 29.7 Å². The highest BCUT2D eigenvalue weighted by Gasteiger charge is 2.13. The number of hydrogen-bond acceptors (Lipinski definition) is 6. The lowest BCUT2D eigenvalue weighted by Crippen LogP contribution is -2.31. The summed E-state index contributed by atoms with van der Waals surface area (Å²) in [5, 5.41) is 3.77. The van der Waals surface area contributed by atoms with Gasteiger partial charge in [0, 0.05) is 16.6 Å². The Labute approximate surface area is 170 Å². The lowest BCUT2D eigenvalue weighted by Gasteiger charge is -2.11. The third-order valence-electron chi connectivity index (χ3n) is 4.60. The number of benzene rings is 2. The van der Waals surface area contributed by atoms with Gasteiger partial charge in [-0.2, -0.15) is 0 Å². The Balaban J connectivity index is 1.50. The number of thiophene rings is 1. The van der Waals surface area contributed by atoms with Crippen LogP contribution in [0.15, 0.2) is 53.6 Å². The first-order valence-corrected chi connectivity index (χ1v) is 9.76. The van der Waals surface area contributed by atoms with Gasteiger partial charge in [-0.3, -0.25) is 14.2 Å². The summed E-state index contributed by atoms with van der Waals surface area (Å²) in [4.78, 5) is 29.6.